The van der Waals surface area contributed by atoms with E-state index in [9.17, 15) is 5.11 Å². The molecule has 1 aromatic rings. The van der Waals surface area contributed by atoms with Gasteiger partial charge in [-0.05, 0) is 45.1 Å². The highest BCUT2D eigenvalue weighted by Gasteiger charge is 2.19. The van der Waals surface area contributed by atoms with Crippen molar-refractivity contribution in [3.63, 3.8) is 0 Å². The van der Waals surface area contributed by atoms with Crippen LogP contribution in [0.5, 0.6) is 5.75 Å². The molecule has 0 saturated carbocycles. The first kappa shape index (κ1) is 17.0. The van der Waals surface area contributed by atoms with Crippen LogP contribution in [0.3, 0.4) is 0 Å². The summed E-state index contributed by atoms with van der Waals surface area (Å²) in [5.41, 5.74) is 0.559. The smallest absolute Gasteiger partial charge is 0.119 e. The van der Waals surface area contributed by atoms with Crippen molar-refractivity contribution in [3.05, 3.63) is 29.8 Å². The van der Waals surface area contributed by atoms with E-state index in [1.54, 1.807) is 7.11 Å². The third-order valence-electron chi connectivity index (χ3n) is 3.71. The summed E-state index contributed by atoms with van der Waals surface area (Å²) >= 11 is 0. The molecule has 2 unspecified atom stereocenters. The van der Waals surface area contributed by atoms with Crippen LogP contribution in [0.1, 0.15) is 31.9 Å². The first-order valence-electron chi connectivity index (χ1n) is 7.13. The van der Waals surface area contributed by atoms with Gasteiger partial charge < -0.3 is 20.1 Å². The fourth-order valence-electron chi connectivity index (χ4n) is 2.05. The molecule has 4 nitrogen and oxygen atoms in total. The predicted octanol–water partition coefficient (Wildman–Crippen LogP) is 2.05. The summed E-state index contributed by atoms with van der Waals surface area (Å²) in [6.45, 7) is 5.23. The monoisotopic (exact) mass is 280 g/mol. The van der Waals surface area contributed by atoms with Crippen LogP contribution in [0, 0.1) is 0 Å². The minimum atomic E-state index is -0.648. The normalized spacial score (nSPS) is 15.9. The van der Waals surface area contributed by atoms with Gasteiger partial charge in [-0.25, -0.2) is 0 Å². The van der Waals surface area contributed by atoms with Gasteiger partial charge >= 0.3 is 0 Å². The lowest BCUT2D eigenvalue weighted by Gasteiger charge is -2.28. The highest BCUT2D eigenvalue weighted by molar-refractivity contribution is 5.30. The number of nitrogens with one attached hydrogen (secondary N) is 1. The number of benzene rings is 1. The molecule has 0 amide bonds. The van der Waals surface area contributed by atoms with Crippen LogP contribution in [0.2, 0.25) is 0 Å². The van der Waals surface area contributed by atoms with Crippen molar-refractivity contribution in [2.45, 2.75) is 31.9 Å². The molecule has 0 aliphatic heterocycles. The average molecular weight is 280 g/mol. The van der Waals surface area contributed by atoms with Crippen LogP contribution in [-0.4, -0.2) is 49.9 Å². The highest BCUT2D eigenvalue weighted by atomic mass is 16.5. The molecule has 0 spiro atoms. The Morgan fingerprint density at radius 2 is 2.10 bits per heavy atom. The zero-order valence-corrected chi connectivity index (χ0v) is 13.3. The molecule has 0 bridgehead atoms. The maximum atomic E-state index is 10.0. The van der Waals surface area contributed by atoms with Gasteiger partial charge in [0.05, 0.1) is 12.7 Å². The zero-order valence-electron chi connectivity index (χ0n) is 13.3. The van der Waals surface area contributed by atoms with E-state index >= 15 is 0 Å². The van der Waals surface area contributed by atoms with Gasteiger partial charge in [-0.3, -0.25) is 0 Å². The lowest BCUT2D eigenvalue weighted by molar-refractivity contribution is 0.0542. The standard InChI is InChI=1S/C16H28N2O2/c1-6-16(2,19)12-17-11-15(18(3)4)13-8-7-9-14(10-13)20-5/h7-10,15,17,19H,6,11-12H2,1-5H3. The van der Waals surface area contributed by atoms with Crippen molar-refractivity contribution in [3.8, 4) is 5.75 Å². The SMILES string of the molecule is CCC(C)(O)CNCC(c1cccc(OC)c1)N(C)C. The van der Waals surface area contributed by atoms with Crippen LogP contribution in [-0.2, 0) is 0 Å². The van der Waals surface area contributed by atoms with Crippen LogP contribution in [0.25, 0.3) is 0 Å². The van der Waals surface area contributed by atoms with Gasteiger partial charge in [0.15, 0.2) is 0 Å². The van der Waals surface area contributed by atoms with E-state index in [1.807, 2.05) is 26.0 Å². The molecule has 0 aliphatic rings. The molecule has 114 valence electrons. The molecule has 0 fully saturated rings. The second kappa shape index (κ2) is 7.62. The number of nitrogens with zero attached hydrogens (tertiary/aromatic N) is 1. The van der Waals surface area contributed by atoms with Crippen LogP contribution in [0.15, 0.2) is 24.3 Å². The number of hydrogen-bond donors (Lipinski definition) is 2. The van der Waals surface area contributed by atoms with Crippen molar-refractivity contribution in [2.24, 2.45) is 0 Å². The summed E-state index contributed by atoms with van der Waals surface area (Å²) in [5.74, 6) is 0.870. The number of rotatable bonds is 8. The molecular formula is C16H28N2O2. The van der Waals surface area contributed by atoms with Gasteiger partial charge in [-0.15, -0.1) is 0 Å². The molecule has 0 heterocycles. The average Bonchev–Trinajstić information content (AvgIpc) is 2.43. The Morgan fingerprint density at radius 3 is 2.65 bits per heavy atom. The van der Waals surface area contributed by atoms with Crippen LogP contribution in [0.4, 0.5) is 0 Å². The van der Waals surface area contributed by atoms with E-state index in [1.165, 1.54) is 5.56 Å². The van der Waals surface area contributed by atoms with Crippen molar-refractivity contribution in [2.75, 3.05) is 34.3 Å². The topological polar surface area (TPSA) is 44.7 Å². The summed E-state index contributed by atoms with van der Waals surface area (Å²) in [7, 11) is 5.80. The summed E-state index contributed by atoms with van der Waals surface area (Å²) in [4.78, 5) is 2.17. The number of hydrogen-bond acceptors (Lipinski definition) is 4. The fourth-order valence-corrected chi connectivity index (χ4v) is 2.05. The molecule has 2 N–H and O–H groups in total. The van der Waals surface area contributed by atoms with Gasteiger partial charge in [0.2, 0.25) is 0 Å². The summed E-state index contributed by atoms with van der Waals surface area (Å²) in [6.07, 6.45) is 0.742. The van der Waals surface area contributed by atoms with Crippen molar-refractivity contribution >= 4 is 0 Å². The van der Waals surface area contributed by atoms with Crippen LogP contribution >= 0.6 is 0 Å². The van der Waals surface area contributed by atoms with Crippen LogP contribution < -0.4 is 10.1 Å². The maximum Gasteiger partial charge on any atom is 0.119 e. The Labute approximate surface area is 122 Å². The first-order valence-corrected chi connectivity index (χ1v) is 7.13. The fraction of sp³-hybridized carbons (Fsp3) is 0.625. The molecule has 0 aromatic heterocycles. The van der Waals surface area contributed by atoms with Gasteiger partial charge in [-0.1, -0.05) is 19.1 Å². The minimum absolute atomic E-state index is 0.248. The predicted molar refractivity (Wildman–Crippen MR) is 83.2 cm³/mol. The Bertz CT molecular complexity index is 405. The molecular weight excluding hydrogens is 252 g/mol. The van der Waals surface area contributed by atoms with Gasteiger partial charge in [-0.2, -0.15) is 0 Å². The molecule has 2 atom stereocenters. The summed E-state index contributed by atoms with van der Waals surface area (Å²) in [6, 6.07) is 8.37. The Balaban J connectivity index is 2.69. The van der Waals surface area contributed by atoms with Gasteiger partial charge in [0, 0.05) is 19.1 Å². The number of methoxy groups -OCH3 is 1. The third-order valence-corrected chi connectivity index (χ3v) is 3.71. The molecule has 0 saturated heterocycles. The quantitative estimate of drug-likeness (QED) is 0.765. The molecule has 4 heteroatoms. The second-order valence-corrected chi connectivity index (χ2v) is 5.74. The number of aliphatic hydroxyl groups is 1. The van der Waals surface area contributed by atoms with E-state index in [-0.39, 0.29) is 6.04 Å². The van der Waals surface area contributed by atoms with Crippen molar-refractivity contribution in [1.29, 1.82) is 0 Å². The third kappa shape index (κ3) is 5.12. The van der Waals surface area contributed by atoms with Gasteiger partial charge in [0.1, 0.15) is 5.75 Å². The maximum absolute atomic E-state index is 10.0. The van der Waals surface area contributed by atoms with E-state index in [0.717, 1.165) is 18.7 Å². The summed E-state index contributed by atoms with van der Waals surface area (Å²) in [5, 5.41) is 13.4. The van der Waals surface area contributed by atoms with E-state index in [2.05, 4.69) is 36.4 Å². The largest absolute Gasteiger partial charge is 0.497 e. The van der Waals surface area contributed by atoms with E-state index < -0.39 is 5.60 Å². The van der Waals surface area contributed by atoms with E-state index in [4.69, 9.17) is 4.74 Å². The Morgan fingerprint density at radius 1 is 1.40 bits per heavy atom. The minimum Gasteiger partial charge on any atom is -0.497 e. The number of ether oxygens (including phenoxy) is 1. The van der Waals surface area contributed by atoms with Crippen molar-refractivity contribution in [1.82, 2.24) is 10.2 Å². The Hall–Kier alpha value is -1.10. The molecule has 20 heavy (non-hydrogen) atoms. The molecule has 1 rings (SSSR count). The Kier molecular flexibility index (Phi) is 6.46. The lowest BCUT2D eigenvalue weighted by atomic mass is 10.0. The summed E-state index contributed by atoms with van der Waals surface area (Å²) < 4.78 is 5.28. The second-order valence-electron chi connectivity index (χ2n) is 5.74. The molecule has 0 radical (unpaired) electrons. The first-order chi connectivity index (χ1) is 9.39. The zero-order chi connectivity index (χ0) is 15.2. The van der Waals surface area contributed by atoms with Crippen molar-refractivity contribution < 1.29 is 9.84 Å². The molecule has 1 aromatic carbocycles. The highest BCUT2D eigenvalue weighted by Crippen LogP contribution is 2.22. The molecule has 0 aliphatic carbocycles. The lowest BCUT2D eigenvalue weighted by Crippen LogP contribution is -2.40. The van der Waals surface area contributed by atoms with Gasteiger partial charge in [0.25, 0.3) is 0 Å². The van der Waals surface area contributed by atoms with E-state index in [0.29, 0.717) is 6.54 Å². The number of likely N-dealkylation sites (N-methyl/N-ethyl adjacent to an activating group) is 1.